The van der Waals surface area contributed by atoms with Crippen molar-refractivity contribution in [1.29, 1.82) is 0 Å². The number of aliphatic hydroxyl groups is 10. The van der Waals surface area contributed by atoms with Crippen molar-refractivity contribution < 1.29 is 152 Å². The van der Waals surface area contributed by atoms with Crippen LogP contribution >= 0.6 is 0 Å². The maximum Gasteiger partial charge on any atom is 0.303 e. The van der Waals surface area contributed by atoms with E-state index < -0.39 is 184 Å². The molecule has 1 aliphatic heterocycles. The van der Waals surface area contributed by atoms with Crippen LogP contribution in [0.2, 0.25) is 0 Å². The smallest absolute Gasteiger partial charge is 0.303 e. The molecule has 36 nitrogen and oxygen atoms in total. The number of Topliss-reactive ketones (excluding diaryl/α,β-unsaturated/α-hetero) is 5. The van der Waals surface area contributed by atoms with Gasteiger partial charge in [0.25, 0.3) is 11.8 Å². The number of carboxylic acids is 1. The molecular formula is C60H99N5O31. The number of hydrogen-bond donors (Lipinski definition) is 15. The van der Waals surface area contributed by atoms with Gasteiger partial charge in [-0.1, -0.05) is 0 Å². The van der Waals surface area contributed by atoms with E-state index in [-0.39, 0.29) is 103 Å². The fraction of sp³-hybridized carbons (Fsp3) is 0.767. The summed E-state index contributed by atoms with van der Waals surface area (Å²) in [6.07, 6.45) is -15.4. The second-order valence-electron chi connectivity index (χ2n) is 22.0. The molecule has 1 rings (SSSR count). The average Bonchev–Trinajstić information content (AvgIpc) is 1.71. The number of aliphatic hydroxyl groups excluding tert-OH is 10. The molecule has 15 N–H and O–H groups in total. The highest BCUT2D eigenvalue weighted by atomic mass is 16.6. The molecule has 0 fully saturated rings. The van der Waals surface area contributed by atoms with Crippen molar-refractivity contribution in [3.05, 3.63) is 12.2 Å². The summed E-state index contributed by atoms with van der Waals surface area (Å²) < 4.78 is 43.7. The Morgan fingerprint density at radius 2 is 0.740 bits per heavy atom. The van der Waals surface area contributed by atoms with E-state index in [1.807, 2.05) is 0 Å². The van der Waals surface area contributed by atoms with Gasteiger partial charge in [0.2, 0.25) is 23.6 Å². The quantitative estimate of drug-likeness (QED) is 0.0199. The zero-order valence-electron chi connectivity index (χ0n) is 53.9. The Labute approximate surface area is 554 Å². The minimum Gasteiger partial charge on any atom is -0.481 e. The van der Waals surface area contributed by atoms with Gasteiger partial charge in [-0.25, -0.2) is 0 Å². The lowest BCUT2D eigenvalue weighted by Gasteiger charge is -2.26. The summed E-state index contributed by atoms with van der Waals surface area (Å²) in [5.74, 6) is -10.2. The molecule has 0 saturated carbocycles. The number of ether oxygens (including phenoxy) is 8. The average molecular weight is 1390 g/mol. The standard InChI is InChI=1S/C60H99N5O31/c66-37-48(75)57(85)55(83)46(73)34-62-50(77)8-3-39(60(88)64-35-47(74)56(84)58(86)49(76)38-67)30-42(69)13-15-90-17-19-92-21-23-94-25-27-96-29-28-95-26-24-93-22-20-91-18-16-89-14-1-2-41(68)5-6-43(70)32-61-51(78)9-7-44(71)33-63-59(87)40(4-12-54(81)82)31-45(72)36-65-52(79)10-11-53(65)80/h10-11,39-40,46-49,55-58,66-67,73-76,83-86H,1-9,12-38H2,(H,61,78)(H,62,77)(H,63,87)(H,64,88)(H,81,82)/t39-,40-,46+,47+,48-,49-,55-,56-,57-,58-/m1/s1. The van der Waals surface area contributed by atoms with Crippen molar-refractivity contribution in [3.8, 4) is 0 Å². The summed E-state index contributed by atoms with van der Waals surface area (Å²) in [6.45, 7) is -0.298. The number of carbonyl (C=O) groups is 12. The second-order valence-corrected chi connectivity index (χ2v) is 22.0. The van der Waals surface area contributed by atoms with Gasteiger partial charge in [0, 0.05) is 108 Å². The van der Waals surface area contributed by atoms with Crippen LogP contribution in [0.1, 0.15) is 83.5 Å². The van der Waals surface area contributed by atoms with Gasteiger partial charge in [-0.15, -0.1) is 0 Å². The highest BCUT2D eigenvalue weighted by molar-refractivity contribution is 6.14. The molecule has 0 aromatic carbocycles. The van der Waals surface area contributed by atoms with Crippen LogP contribution in [0.5, 0.6) is 0 Å². The lowest BCUT2D eigenvalue weighted by Crippen LogP contribution is -2.50. The predicted octanol–water partition coefficient (Wildman–Crippen LogP) is -7.39. The Morgan fingerprint density at radius 3 is 1.20 bits per heavy atom. The first-order chi connectivity index (χ1) is 45.8. The summed E-state index contributed by atoms with van der Waals surface area (Å²) in [5.41, 5.74) is 0. The molecule has 1 heterocycles. The molecule has 10 atom stereocenters. The van der Waals surface area contributed by atoms with E-state index in [0.717, 1.165) is 12.2 Å². The number of amides is 6. The van der Waals surface area contributed by atoms with E-state index >= 15 is 0 Å². The molecule has 550 valence electrons. The molecule has 36 heteroatoms. The molecule has 0 aromatic heterocycles. The number of hydrogen-bond acceptors (Lipinski definition) is 30. The maximum atomic E-state index is 13.1. The molecule has 0 aromatic rings. The van der Waals surface area contributed by atoms with E-state index in [1.165, 1.54) is 0 Å². The van der Waals surface area contributed by atoms with Gasteiger partial charge in [0.15, 0.2) is 17.3 Å². The summed E-state index contributed by atoms with van der Waals surface area (Å²) in [7, 11) is 0. The minimum absolute atomic E-state index is 0.0274. The largest absolute Gasteiger partial charge is 0.481 e. The molecule has 0 aliphatic carbocycles. The van der Waals surface area contributed by atoms with Gasteiger partial charge < -0.3 is 115 Å². The van der Waals surface area contributed by atoms with E-state index in [0.29, 0.717) is 84.0 Å². The zero-order chi connectivity index (χ0) is 71.6. The Morgan fingerprint density at radius 1 is 0.375 bits per heavy atom. The third kappa shape index (κ3) is 42.5. The molecule has 0 spiro atoms. The van der Waals surface area contributed by atoms with Crippen molar-refractivity contribution in [2.75, 3.05) is 152 Å². The van der Waals surface area contributed by atoms with E-state index in [4.69, 9.17) is 53.2 Å². The summed E-state index contributed by atoms with van der Waals surface area (Å²) in [5, 5.41) is 115. The predicted molar refractivity (Wildman–Crippen MR) is 326 cm³/mol. The Hall–Kier alpha value is -6.14. The Kier molecular flexibility index (Phi) is 49.3. The fourth-order valence-corrected chi connectivity index (χ4v) is 8.41. The van der Waals surface area contributed by atoms with Gasteiger partial charge in [-0.3, -0.25) is 62.4 Å². The van der Waals surface area contributed by atoms with Crippen molar-refractivity contribution in [3.63, 3.8) is 0 Å². The van der Waals surface area contributed by atoms with E-state index in [2.05, 4.69) is 21.3 Å². The normalized spacial score (nSPS) is 15.4. The van der Waals surface area contributed by atoms with Crippen molar-refractivity contribution >= 4 is 70.3 Å². The van der Waals surface area contributed by atoms with E-state index in [1.54, 1.807) is 0 Å². The first-order valence-corrected chi connectivity index (χ1v) is 31.5. The van der Waals surface area contributed by atoms with Gasteiger partial charge in [-0.2, -0.15) is 0 Å². The number of nitrogens with one attached hydrogen (secondary N) is 4. The number of carbonyl (C=O) groups excluding carboxylic acids is 11. The van der Waals surface area contributed by atoms with Crippen LogP contribution in [0, 0.1) is 11.8 Å². The van der Waals surface area contributed by atoms with Gasteiger partial charge in [0.05, 0.1) is 144 Å². The number of ketones is 5. The highest BCUT2D eigenvalue weighted by Gasteiger charge is 2.34. The first kappa shape index (κ1) is 87.9. The van der Waals surface area contributed by atoms with Crippen molar-refractivity contribution in [2.24, 2.45) is 11.8 Å². The topological polar surface area (TPSA) is 553 Å². The summed E-state index contributed by atoms with van der Waals surface area (Å²) >= 11 is 0. The number of imide groups is 1. The minimum atomic E-state index is -1.98. The second kappa shape index (κ2) is 53.9. The van der Waals surface area contributed by atoms with Crippen molar-refractivity contribution in [2.45, 2.75) is 132 Å². The molecular weight excluding hydrogens is 1290 g/mol. The molecule has 0 unspecified atom stereocenters. The molecule has 0 saturated heterocycles. The molecule has 0 bridgehead atoms. The Bertz CT molecular complexity index is 2350. The van der Waals surface area contributed by atoms with Crippen LogP contribution in [0.15, 0.2) is 12.2 Å². The zero-order valence-corrected chi connectivity index (χ0v) is 53.9. The van der Waals surface area contributed by atoms with Gasteiger partial charge in [-0.05, 0) is 19.3 Å². The monoisotopic (exact) mass is 1390 g/mol. The lowest BCUT2D eigenvalue weighted by atomic mass is 9.94. The van der Waals surface area contributed by atoms with E-state index in [9.17, 15) is 98.4 Å². The first-order valence-electron chi connectivity index (χ1n) is 31.5. The van der Waals surface area contributed by atoms with Gasteiger partial charge in [0.1, 0.15) is 48.2 Å². The highest BCUT2D eigenvalue weighted by Crippen LogP contribution is 2.17. The Balaban J connectivity index is 2.07. The van der Waals surface area contributed by atoms with Crippen LogP contribution in [-0.2, 0) is 95.4 Å². The number of nitrogens with zero attached hydrogens (tertiary/aromatic N) is 1. The van der Waals surface area contributed by atoms with Crippen molar-refractivity contribution in [1.82, 2.24) is 26.2 Å². The molecule has 6 amide bonds. The lowest BCUT2D eigenvalue weighted by molar-refractivity contribution is -0.141. The fourth-order valence-electron chi connectivity index (χ4n) is 8.41. The summed E-state index contributed by atoms with van der Waals surface area (Å²) in [4.78, 5) is 148. The third-order valence-electron chi connectivity index (χ3n) is 14.1. The van der Waals surface area contributed by atoms with Crippen LogP contribution in [0.25, 0.3) is 0 Å². The van der Waals surface area contributed by atoms with Crippen LogP contribution in [0.4, 0.5) is 0 Å². The number of carboxylic acid groups (broad SMARTS) is 1. The molecule has 96 heavy (non-hydrogen) atoms. The molecule has 0 radical (unpaired) electrons. The van der Waals surface area contributed by atoms with Crippen LogP contribution in [-0.4, -0.2) is 332 Å². The van der Waals surface area contributed by atoms with Crippen LogP contribution < -0.4 is 21.3 Å². The molecule has 1 aliphatic rings. The number of aliphatic carboxylic acids is 1. The number of rotatable bonds is 64. The third-order valence-corrected chi connectivity index (χ3v) is 14.1. The maximum absolute atomic E-state index is 13.1. The van der Waals surface area contributed by atoms with Gasteiger partial charge >= 0.3 is 5.97 Å². The van der Waals surface area contributed by atoms with Crippen LogP contribution in [0.3, 0.4) is 0 Å². The summed E-state index contributed by atoms with van der Waals surface area (Å²) in [6, 6.07) is 0. The SMILES string of the molecule is O=C(O)CC[C@H](CC(=O)CN1C(=O)C=CC1=O)C(=O)NCC(=O)CCC(=O)NCC(=O)CCC(=O)CCCOCCOCCOCCOCCOCCOCCOCCOCCC(=O)C[C@@H](CCC(=O)NC[C@H](O)[C@@H](O)[C@H](O)[C@H](O)CO)C(=O)NC[C@H](O)[C@@H](O)[C@H](O)[C@H](O)CO.